The Bertz CT molecular complexity index is 1640. The molecule has 0 aliphatic rings. The zero-order chi connectivity index (χ0) is 30.9. The largest absolute Gasteiger partial charge is 0.497 e. The van der Waals surface area contributed by atoms with E-state index in [2.05, 4.69) is 37.4 Å². The van der Waals surface area contributed by atoms with Crippen LogP contribution in [0.25, 0.3) is 0 Å². The van der Waals surface area contributed by atoms with Crippen LogP contribution in [0.1, 0.15) is 42.5 Å². The maximum atomic E-state index is 13.8. The molecule has 0 radical (unpaired) electrons. The number of hydrogen-bond donors (Lipinski definition) is 1. The molecule has 1 N–H and O–H groups in total. The van der Waals surface area contributed by atoms with Crippen LogP contribution in [0, 0.1) is 18.3 Å². The van der Waals surface area contributed by atoms with Crippen molar-refractivity contribution in [3.8, 4) is 17.6 Å². The molecule has 0 aliphatic carbocycles. The van der Waals surface area contributed by atoms with Gasteiger partial charge in [0.05, 0.1) is 36.4 Å². The Balaban J connectivity index is 0.00000529. The van der Waals surface area contributed by atoms with Crippen LogP contribution in [0.2, 0.25) is 0 Å². The van der Waals surface area contributed by atoms with Crippen LogP contribution in [0.5, 0.6) is 11.5 Å². The molecule has 0 aliphatic heterocycles. The second-order valence-corrected chi connectivity index (χ2v) is 13.0. The highest BCUT2D eigenvalue weighted by atomic mass is 35.5. The molecule has 0 spiro atoms. The fraction of sp³-hybridized carbons (Fsp3) is 0.286. The van der Waals surface area contributed by atoms with Gasteiger partial charge in [0.15, 0.2) is 0 Å². The van der Waals surface area contributed by atoms with Crippen LogP contribution in [-0.4, -0.2) is 34.2 Å². The van der Waals surface area contributed by atoms with E-state index in [1.807, 2.05) is 49.4 Å². The minimum Gasteiger partial charge on any atom is -0.497 e. The van der Waals surface area contributed by atoms with Gasteiger partial charge in [0, 0.05) is 5.54 Å². The SMILES string of the molecule is COc1ccc(CC(C)(C)NCCCOc2ccc(N(Cc3ccccc3)S(=O)(=O)c3ccc(C)cc3)cc2C#N)cc1.Cl. The quantitative estimate of drug-likeness (QED) is 0.149. The van der Waals surface area contributed by atoms with Gasteiger partial charge >= 0.3 is 0 Å². The molecule has 0 aromatic heterocycles. The molecule has 0 heterocycles. The Labute approximate surface area is 267 Å². The highest BCUT2D eigenvalue weighted by molar-refractivity contribution is 7.92. The van der Waals surface area contributed by atoms with Gasteiger partial charge in [0.25, 0.3) is 10.0 Å². The fourth-order valence-electron chi connectivity index (χ4n) is 4.79. The van der Waals surface area contributed by atoms with Gasteiger partial charge in [-0.25, -0.2) is 8.42 Å². The number of aryl methyl sites for hydroxylation is 1. The third-order valence-electron chi connectivity index (χ3n) is 7.14. The lowest BCUT2D eigenvalue weighted by atomic mass is 9.95. The van der Waals surface area contributed by atoms with Crippen molar-refractivity contribution in [3.63, 3.8) is 0 Å². The maximum Gasteiger partial charge on any atom is 0.264 e. The van der Waals surface area contributed by atoms with E-state index < -0.39 is 10.0 Å². The summed E-state index contributed by atoms with van der Waals surface area (Å²) in [7, 11) is -2.24. The highest BCUT2D eigenvalue weighted by Gasteiger charge is 2.26. The van der Waals surface area contributed by atoms with Crippen molar-refractivity contribution in [1.82, 2.24) is 5.32 Å². The maximum absolute atomic E-state index is 13.8. The molecule has 9 heteroatoms. The van der Waals surface area contributed by atoms with Crippen molar-refractivity contribution < 1.29 is 17.9 Å². The molecule has 0 fully saturated rings. The molecule has 4 rings (SSSR count). The predicted molar refractivity (Wildman–Crippen MR) is 178 cm³/mol. The summed E-state index contributed by atoms with van der Waals surface area (Å²) in [5.74, 6) is 1.27. The number of rotatable bonds is 14. The predicted octanol–water partition coefficient (Wildman–Crippen LogP) is 7.07. The second kappa shape index (κ2) is 15.6. The van der Waals surface area contributed by atoms with Gasteiger partial charge in [0.1, 0.15) is 17.6 Å². The van der Waals surface area contributed by atoms with Crippen LogP contribution in [0.3, 0.4) is 0 Å². The monoisotopic (exact) mass is 633 g/mol. The molecule has 0 saturated heterocycles. The minimum absolute atomic E-state index is 0. The summed E-state index contributed by atoms with van der Waals surface area (Å²) in [4.78, 5) is 0.190. The molecule has 232 valence electrons. The molecule has 4 aromatic rings. The van der Waals surface area contributed by atoms with Crippen LogP contribution in [-0.2, 0) is 23.0 Å². The van der Waals surface area contributed by atoms with Crippen molar-refractivity contribution in [1.29, 1.82) is 5.26 Å². The molecule has 44 heavy (non-hydrogen) atoms. The van der Waals surface area contributed by atoms with E-state index in [4.69, 9.17) is 9.47 Å². The van der Waals surface area contributed by atoms with Gasteiger partial charge in [-0.2, -0.15) is 5.26 Å². The summed E-state index contributed by atoms with van der Waals surface area (Å²) in [6.45, 7) is 7.51. The summed E-state index contributed by atoms with van der Waals surface area (Å²) >= 11 is 0. The smallest absolute Gasteiger partial charge is 0.264 e. The number of hydrogen-bond acceptors (Lipinski definition) is 6. The molecule has 0 unspecified atom stereocenters. The van der Waals surface area contributed by atoms with Gasteiger partial charge in [-0.3, -0.25) is 4.31 Å². The van der Waals surface area contributed by atoms with E-state index in [-0.39, 0.29) is 34.9 Å². The van der Waals surface area contributed by atoms with Gasteiger partial charge in [0.2, 0.25) is 0 Å². The number of halogens is 1. The fourth-order valence-corrected chi connectivity index (χ4v) is 6.23. The summed E-state index contributed by atoms with van der Waals surface area (Å²) in [6, 6.07) is 31.4. The van der Waals surface area contributed by atoms with Crippen molar-refractivity contribution in [2.24, 2.45) is 0 Å². The highest BCUT2D eigenvalue weighted by Crippen LogP contribution is 2.30. The van der Waals surface area contributed by atoms with Crippen LogP contribution >= 0.6 is 12.4 Å². The first-order valence-corrected chi connectivity index (χ1v) is 15.7. The van der Waals surface area contributed by atoms with E-state index in [9.17, 15) is 13.7 Å². The number of sulfonamides is 1. The van der Waals surface area contributed by atoms with Crippen molar-refractivity contribution >= 4 is 28.1 Å². The van der Waals surface area contributed by atoms with E-state index in [1.54, 1.807) is 49.6 Å². The normalized spacial score (nSPS) is 11.2. The molecule has 0 amide bonds. The third kappa shape index (κ3) is 9.23. The van der Waals surface area contributed by atoms with Crippen molar-refractivity contribution in [2.75, 3.05) is 24.6 Å². The molecule has 7 nitrogen and oxygen atoms in total. The van der Waals surface area contributed by atoms with Crippen molar-refractivity contribution in [3.05, 3.63) is 119 Å². The number of nitrogens with one attached hydrogen (secondary N) is 1. The second-order valence-electron chi connectivity index (χ2n) is 11.1. The number of anilines is 1. The van der Waals surface area contributed by atoms with Crippen LogP contribution in [0.4, 0.5) is 5.69 Å². The lowest BCUT2D eigenvalue weighted by molar-refractivity contribution is 0.293. The average Bonchev–Trinajstić information content (AvgIpc) is 3.00. The van der Waals surface area contributed by atoms with Gasteiger partial charge < -0.3 is 14.8 Å². The zero-order valence-corrected chi connectivity index (χ0v) is 27.3. The van der Waals surface area contributed by atoms with E-state index in [0.29, 0.717) is 18.0 Å². The first-order valence-electron chi connectivity index (χ1n) is 14.3. The van der Waals surface area contributed by atoms with Crippen LogP contribution in [0.15, 0.2) is 102 Å². The Hall–Kier alpha value is -4.03. The Morgan fingerprint density at radius 1 is 0.909 bits per heavy atom. The van der Waals surface area contributed by atoms with Gasteiger partial charge in [-0.05, 0) is 93.7 Å². The number of nitriles is 1. The van der Waals surface area contributed by atoms with Crippen LogP contribution < -0.4 is 19.1 Å². The summed E-state index contributed by atoms with van der Waals surface area (Å²) in [6.07, 6.45) is 1.60. The lowest BCUT2D eigenvalue weighted by Gasteiger charge is -2.27. The minimum atomic E-state index is -3.90. The van der Waals surface area contributed by atoms with Gasteiger partial charge in [-0.1, -0.05) is 60.2 Å². The first kappa shape index (κ1) is 34.5. The Morgan fingerprint density at radius 2 is 1.59 bits per heavy atom. The average molecular weight is 634 g/mol. The zero-order valence-electron chi connectivity index (χ0n) is 25.6. The molecular formula is C35H40ClN3O4S. The molecule has 0 saturated carbocycles. The summed E-state index contributed by atoms with van der Waals surface area (Å²) in [5.41, 5.74) is 3.59. The summed E-state index contributed by atoms with van der Waals surface area (Å²) < 4.78 is 40.2. The Kier molecular flexibility index (Phi) is 12.2. The number of benzene rings is 4. The topological polar surface area (TPSA) is 91.7 Å². The summed E-state index contributed by atoms with van der Waals surface area (Å²) in [5, 5.41) is 13.5. The third-order valence-corrected chi connectivity index (χ3v) is 8.92. The van der Waals surface area contributed by atoms with E-state index in [1.165, 1.54) is 9.87 Å². The number of nitrogens with zero attached hydrogens (tertiary/aromatic N) is 2. The lowest BCUT2D eigenvalue weighted by Crippen LogP contribution is -2.42. The first-order chi connectivity index (χ1) is 20.6. The Morgan fingerprint density at radius 3 is 2.23 bits per heavy atom. The van der Waals surface area contributed by atoms with Gasteiger partial charge in [-0.15, -0.1) is 12.4 Å². The molecule has 0 atom stereocenters. The van der Waals surface area contributed by atoms with E-state index >= 15 is 0 Å². The molecule has 4 aromatic carbocycles. The number of methoxy groups -OCH3 is 1. The van der Waals surface area contributed by atoms with Crippen molar-refractivity contribution in [2.45, 2.75) is 50.6 Å². The molecule has 0 bridgehead atoms. The standard InChI is InChI=1S/C35H39N3O4S.ClH/c1-27-11-18-33(19-12-27)43(39,40)38(26-29-9-6-5-7-10-29)31-15-20-34(30(23-31)25-36)42-22-8-21-37-35(2,3)24-28-13-16-32(41-4)17-14-28;/h5-7,9-20,23,37H,8,21-22,24,26H2,1-4H3;1H. The van der Waals surface area contributed by atoms with E-state index in [0.717, 1.165) is 36.3 Å². The number of ether oxygens (including phenoxy) is 2. The molecular weight excluding hydrogens is 594 g/mol.